The fraction of sp³-hybridized carbons (Fsp3) is 0.188. The average Bonchev–Trinajstić information content (AvgIpc) is 2.49. The fourth-order valence-electron chi connectivity index (χ4n) is 2.17. The van der Waals surface area contributed by atoms with E-state index >= 15 is 0 Å². The molecule has 0 aliphatic heterocycles. The molecule has 3 heteroatoms. The molecule has 98 valence electrons. The van der Waals surface area contributed by atoms with Crippen LogP contribution in [0.15, 0.2) is 60.7 Å². The molecule has 2 aromatic rings. The van der Waals surface area contributed by atoms with E-state index in [4.69, 9.17) is 5.11 Å². The number of rotatable bonds is 4. The van der Waals surface area contributed by atoms with E-state index in [0.29, 0.717) is 0 Å². The molecule has 0 atom stereocenters. The molecule has 2 aromatic carbocycles. The SMILES string of the molecule is CN(C(=O)CO)C(c1ccccc1)c1ccccc1. The van der Waals surface area contributed by atoms with Crippen LogP contribution in [0.3, 0.4) is 0 Å². The Kier molecular flexibility index (Phi) is 4.31. The molecule has 0 heterocycles. The topological polar surface area (TPSA) is 40.5 Å². The van der Waals surface area contributed by atoms with Gasteiger partial charge in [0.05, 0.1) is 6.04 Å². The van der Waals surface area contributed by atoms with Gasteiger partial charge in [-0.25, -0.2) is 0 Å². The number of aliphatic hydroxyl groups is 1. The Labute approximate surface area is 113 Å². The zero-order valence-corrected chi connectivity index (χ0v) is 10.9. The first-order valence-corrected chi connectivity index (χ1v) is 6.20. The summed E-state index contributed by atoms with van der Waals surface area (Å²) in [4.78, 5) is 13.3. The van der Waals surface area contributed by atoms with Crippen molar-refractivity contribution in [2.45, 2.75) is 6.04 Å². The number of likely N-dealkylation sites (N-methyl/N-ethyl adjacent to an activating group) is 1. The minimum atomic E-state index is -0.479. The molecular weight excluding hydrogens is 238 g/mol. The van der Waals surface area contributed by atoms with Gasteiger partial charge in [0, 0.05) is 7.05 Å². The monoisotopic (exact) mass is 255 g/mol. The Bertz CT molecular complexity index is 485. The van der Waals surface area contributed by atoms with E-state index in [1.54, 1.807) is 11.9 Å². The van der Waals surface area contributed by atoms with Crippen LogP contribution in [0.2, 0.25) is 0 Å². The third kappa shape index (κ3) is 3.01. The first-order chi connectivity index (χ1) is 9.24. The van der Waals surface area contributed by atoms with E-state index in [9.17, 15) is 4.79 Å². The number of carbonyl (C=O) groups excluding carboxylic acids is 1. The van der Waals surface area contributed by atoms with E-state index in [-0.39, 0.29) is 11.9 Å². The summed E-state index contributed by atoms with van der Waals surface area (Å²) in [5, 5.41) is 9.06. The van der Waals surface area contributed by atoms with Crippen LogP contribution >= 0.6 is 0 Å². The molecule has 1 N–H and O–H groups in total. The maximum absolute atomic E-state index is 11.8. The summed E-state index contributed by atoms with van der Waals surface area (Å²) in [6.07, 6.45) is 0. The quantitative estimate of drug-likeness (QED) is 0.910. The molecule has 19 heavy (non-hydrogen) atoms. The zero-order valence-electron chi connectivity index (χ0n) is 10.9. The van der Waals surface area contributed by atoms with Crippen LogP contribution in [-0.4, -0.2) is 29.6 Å². The van der Waals surface area contributed by atoms with Gasteiger partial charge in [0.2, 0.25) is 5.91 Å². The molecule has 3 nitrogen and oxygen atoms in total. The molecule has 0 unspecified atom stereocenters. The largest absolute Gasteiger partial charge is 0.387 e. The molecule has 0 fully saturated rings. The molecule has 0 saturated carbocycles. The van der Waals surface area contributed by atoms with Crippen LogP contribution in [0.4, 0.5) is 0 Å². The number of amides is 1. The van der Waals surface area contributed by atoms with Gasteiger partial charge in [-0.15, -0.1) is 0 Å². The molecule has 0 aromatic heterocycles. The Balaban J connectivity index is 2.43. The van der Waals surface area contributed by atoms with Crippen molar-refractivity contribution in [3.8, 4) is 0 Å². The lowest BCUT2D eigenvalue weighted by Crippen LogP contribution is -2.33. The van der Waals surface area contributed by atoms with Gasteiger partial charge >= 0.3 is 0 Å². The number of nitrogens with zero attached hydrogens (tertiary/aromatic N) is 1. The van der Waals surface area contributed by atoms with Gasteiger partial charge in [-0.05, 0) is 11.1 Å². The Hall–Kier alpha value is -2.13. The van der Waals surface area contributed by atoms with Crippen molar-refractivity contribution in [2.75, 3.05) is 13.7 Å². The van der Waals surface area contributed by atoms with Gasteiger partial charge in [-0.3, -0.25) is 4.79 Å². The van der Waals surface area contributed by atoms with E-state index in [0.717, 1.165) is 11.1 Å². The summed E-state index contributed by atoms with van der Waals surface area (Å²) in [5.41, 5.74) is 2.05. The number of hydrogen-bond donors (Lipinski definition) is 1. The third-order valence-electron chi connectivity index (χ3n) is 3.15. The van der Waals surface area contributed by atoms with Crippen molar-refractivity contribution in [2.24, 2.45) is 0 Å². The maximum Gasteiger partial charge on any atom is 0.248 e. The highest BCUT2D eigenvalue weighted by Gasteiger charge is 2.22. The molecule has 0 bridgehead atoms. The van der Waals surface area contributed by atoms with Gasteiger partial charge in [0.1, 0.15) is 6.61 Å². The van der Waals surface area contributed by atoms with Crippen molar-refractivity contribution in [1.29, 1.82) is 0 Å². The summed E-state index contributed by atoms with van der Waals surface area (Å²) in [7, 11) is 1.71. The minimum Gasteiger partial charge on any atom is -0.387 e. The number of aliphatic hydroxyl groups excluding tert-OH is 1. The van der Waals surface area contributed by atoms with Crippen LogP contribution in [0.25, 0.3) is 0 Å². The molecular formula is C16H17NO2. The van der Waals surface area contributed by atoms with Crippen molar-refractivity contribution in [1.82, 2.24) is 4.90 Å². The highest BCUT2D eigenvalue weighted by atomic mass is 16.3. The molecule has 1 amide bonds. The smallest absolute Gasteiger partial charge is 0.248 e. The summed E-state index contributed by atoms with van der Waals surface area (Å²) in [6.45, 7) is -0.479. The lowest BCUT2D eigenvalue weighted by atomic mass is 9.97. The zero-order chi connectivity index (χ0) is 13.7. The van der Waals surface area contributed by atoms with Crippen molar-refractivity contribution in [3.05, 3.63) is 71.8 Å². The molecule has 0 saturated heterocycles. The average molecular weight is 255 g/mol. The van der Waals surface area contributed by atoms with Crippen LogP contribution in [0, 0.1) is 0 Å². The van der Waals surface area contributed by atoms with Crippen molar-refractivity contribution < 1.29 is 9.90 Å². The molecule has 0 radical (unpaired) electrons. The predicted octanol–water partition coefficient (Wildman–Crippen LogP) is 2.23. The lowest BCUT2D eigenvalue weighted by molar-refractivity contribution is -0.134. The summed E-state index contributed by atoms with van der Waals surface area (Å²) in [6, 6.07) is 19.4. The van der Waals surface area contributed by atoms with Gasteiger partial charge in [0.25, 0.3) is 0 Å². The van der Waals surface area contributed by atoms with E-state index < -0.39 is 6.61 Å². The van der Waals surface area contributed by atoms with Crippen molar-refractivity contribution >= 4 is 5.91 Å². The highest BCUT2D eigenvalue weighted by molar-refractivity contribution is 5.77. The first kappa shape index (κ1) is 13.3. The molecule has 0 aliphatic carbocycles. The Morgan fingerprint density at radius 2 is 1.42 bits per heavy atom. The van der Waals surface area contributed by atoms with Crippen LogP contribution in [0.5, 0.6) is 0 Å². The fourth-order valence-corrected chi connectivity index (χ4v) is 2.17. The maximum atomic E-state index is 11.8. The van der Waals surface area contributed by atoms with E-state index in [2.05, 4.69) is 0 Å². The first-order valence-electron chi connectivity index (χ1n) is 6.20. The van der Waals surface area contributed by atoms with Gasteiger partial charge in [-0.1, -0.05) is 60.7 Å². The van der Waals surface area contributed by atoms with Gasteiger partial charge in [0.15, 0.2) is 0 Å². The second kappa shape index (κ2) is 6.16. The predicted molar refractivity (Wildman–Crippen MR) is 74.6 cm³/mol. The van der Waals surface area contributed by atoms with Crippen LogP contribution < -0.4 is 0 Å². The van der Waals surface area contributed by atoms with Crippen molar-refractivity contribution in [3.63, 3.8) is 0 Å². The van der Waals surface area contributed by atoms with Crippen LogP contribution in [0.1, 0.15) is 17.2 Å². The Morgan fingerprint density at radius 1 is 1.00 bits per heavy atom. The number of benzene rings is 2. The second-order valence-corrected chi connectivity index (χ2v) is 4.39. The second-order valence-electron chi connectivity index (χ2n) is 4.39. The third-order valence-corrected chi connectivity index (χ3v) is 3.15. The highest BCUT2D eigenvalue weighted by Crippen LogP contribution is 2.27. The standard InChI is InChI=1S/C16H17NO2/c1-17(15(19)12-18)16(13-8-4-2-5-9-13)14-10-6-3-7-11-14/h2-11,16,18H,12H2,1H3. The number of carbonyl (C=O) groups is 1. The molecule has 0 aliphatic rings. The van der Waals surface area contributed by atoms with E-state index in [1.807, 2.05) is 60.7 Å². The number of hydrogen-bond acceptors (Lipinski definition) is 2. The summed E-state index contributed by atoms with van der Waals surface area (Å²) >= 11 is 0. The Morgan fingerprint density at radius 3 is 1.79 bits per heavy atom. The molecule has 2 rings (SSSR count). The minimum absolute atomic E-state index is 0.179. The van der Waals surface area contributed by atoms with Gasteiger partial charge in [-0.2, -0.15) is 0 Å². The van der Waals surface area contributed by atoms with Crippen LogP contribution in [-0.2, 0) is 4.79 Å². The van der Waals surface area contributed by atoms with E-state index in [1.165, 1.54) is 0 Å². The summed E-state index contributed by atoms with van der Waals surface area (Å²) in [5.74, 6) is -0.294. The lowest BCUT2D eigenvalue weighted by Gasteiger charge is -2.28. The van der Waals surface area contributed by atoms with Gasteiger partial charge < -0.3 is 10.0 Å². The molecule has 0 spiro atoms. The summed E-state index contributed by atoms with van der Waals surface area (Å²) < 4.78 is 0. The normalized spacial score (nSPS) is 10.5.